The van der Waals surface area contributed by atoms with Crippen LogP contribution >= 0.6 is 0 Å². The SMILES string of the molecule is CCN(CC)CCN1C(=O)C(=O)/C(=C(\O)c2ccc(OC)c(OC)c2)C1c1ccc(O)cc1. The van der Waals surface area contributed by atoms with Gasteiger partial charge in [-0.25, -0.2) is 0 Å². The second-order valence-electron chi connectivity index (χ2n) is 7.68. The number of carbonyl (C=O) groups is 2. The zero-order chi connectivity index (χ0) is 24.1. The number of phenols is 1. The summed E-state index contributed by atoms with van der Waals surface area (Å²) in [6, 6.07) is 10.3. The Morgan fingerprint density at radius 2 is 1.64 bits per heavy atom. The highest BCUT2D eigenvalue weighted by Gasteiger charge is 2.46. The Kier molecular flexibility index (Phi) is 7.60. The van der Waals surface area contributed by atoms with Crippen LogP contribution in [0.4, 0.5) is 0 Å². The van der Waals surface area contributed by atoms with Crippen molar-refractivity contribution in [2.45, 2.75) is 19.9 Å². The average Bonchev–Trinajstić information content (AvgIpc) is 3.09. The molecule has 3 rings (SSSR count). The van der Waals surface area contributed by atoms with Crippen molar-refractivity contribution in [1.29, 1.82) is 0 Å². The topological polar surface area (TPSA) is 99.5 Å². The first-order valence-electron chi connectivity index (χ1n) is 10.9. The predicted molar refractivity (Wildman–Crippen MR) is 124 cm³/mol. The largest absolute Gasteiger partial charge is 0.508 e. The van der Waals surface area contributed by atoms with Crippen molar-refractivity contribution in [1.82, 2.24) is 9.80 Å². The fourth-order valence-corrected chi connectivity index (χ4v) is 4.04. The maximum atomic E-state index is 13.1. The molecule has 1 fully saturated rings. The van der Waals surface area contributed by atoms with Crippen LogP contribution < -0.4 is 9.47 Å². The lowest BCUT2D eigenvalue weighted by Crippen LogP contribution is -2.38. The van der Waals surface area contributed by atoms with Crippen molar-refractivity contribution in [3.8, 4) is 17.2 Å². The van der Waals surface area contributed by atoms with Crippen LogP contribution in [-0.4, -0.2) is 72.1 Å². The molecule has 2 aromatic carbocycles. The molecule has 0 aliphatic carbocycles. The van der Waals surface area contributed by atoms with Crippen LogP contribution in [0.5, 0.6) is 17.2 Å². The maximum Gasteiger partial charge on any atom is 0.295 e. The number of hydrogen-bond donors (Lipinski definition) is 2. The molecule has 0 saturated carbocycles. The number of rotatable bonds is 9. The second-order valence-corrected chi connectivity index (χ2v) is 7.68. The van der Waals surface area contributed by atoms with E-state index in [1.54, 1.807) is 30.3 Å². The molecule has 1 saturated heterocycles. The molecule has 0 aromatic heterocycles. The van der Waals surface area contributed by atoms with Crippen molar-refractivity contribution in [2.75, 3.05) is 40.4 Å². The van der Waals surface area contributed by atoms with E-state index >= 15 is 0 Å². The Hall–Kier alpha value is -3.52. The van der Waals surface area contributed by atoms with Crippen LogP contribution in [0.25, 0.3) is 5.76 Å². The summed E-state index contributed by atoms with van der Waals surface area (Å²) in [6.07, 6.45) is 0. The molecule has 1 aliphatic heterocycles. The molecule has 1 aliphatic rings. The Labute approximate surface area is 193 Å². The molecule has 33 heavy (non-hydrogen) atoms. The monoisotopic (exact) mass is 454 g/mol. The maximum absolute atomic E-state index is 13.1. The Bertz CT molecular complexity index is 1040. The standard InChI is InChI=1S/C25H30N2O6/c1-5-26(6-2)13-14-27-22(16-7-10-18(28)11-8-16)21(24(30)25(27)31)23(29)17-9-12-19(32-3)20(15-17)33-4/h7-12,15,22,28-29H,5-6,13-14H2,1-4H3/b23-21-. The van der Waals surface area contributed by atoms with E-state index in [9.17, 15) is 19.8 Å². The first-order valence-corrected chi connectivity index (χ1v) is 10.9. The third-order valence-electron chi connectivity index (χ3n) is 5.96. The van der Waals surface area contributed by atoms with Gasteiger partial charge in [-0.1, -0.05) is 26.0 Å². The normalized spacial score (nSPS) is 17.6. The number of aliphatic hydroxyl groups excluding tert-OH is 1. The lowest BCUT2D eigenvalue weighted by atomic mass is 9.95. The summed E-state index contributed by atoms with van der Waals surface area (Å²) in [5.41, 5.74) is 0.948. The lowest BCUT2D eigenvalue weighted by molar-refractivity contribution is -0.140. The van der Waals surface area contributed by atoms with Crippen molar-refractivity contribution in [3.05, 3.63) is 59.2 Å². The van der Waals surface area contributed by atoms with E-state index in [4.69, 9.17) is 9.47 Å². The van der Waals surface area contributed by atoms with Crippen LogP contribution in [0.1, 0.15) is 31.0 Å². The number of Topliss-reactive ketones (excluding diaryl/α,β-unsaturated/α-hetero) is 1. The number of aromatic hydroxyl groups is 1. The van der Waals surface area contributed by atoms with Gasteiger partial charge in [0.25, 0.3) is 11.7 Å². The third kappa shape index (κ3) is 4.80. The van der Waals surface area contributed by atoms with Crippen LogP contribution in [0.15, 0.2) is 48.0 Å². The zero-order valence-corrected chi connectivity index (χ0v) is 19.4. The second kappa shape index (κ2) is 10.4. The van der Waals surface area contributed by atoms with Gasteiger partial charge in [-0.05, 0) is 49.0 Å². The minimum Gasteiger partial charge on any atom is -0.508 e. The molecule has 2 N–H and O–H groups in total. The molecule has 0 radical (unpaired) electrons. The van der Waals surface area contributed by atoms with E-state index in [2.05, 4.69) is 4.90 Å². The molecular weight excluding hydrogens is 424 g/mol. The van der Waals surface area contributed by atoms with Crippen molar-refractivity contribution in [3.63, 3.8) is 0 Å². The van der Waals surface area contributed by atoms with Gasteiger partial charge < -0.3 is 29.5 Å². The highest BCUT2D eigenvalue weighted by molar-refractivity contribution is 6.46. The highest BCUT2D eigenvalue weighted by atomic mass is 16.5. The Balaban J connectivity index is 2.12. The number of hydrogen-bond acceptors (Lipinski definition) is 7. The first-order chi connectivity index (χ1) is 15.9. The molecule has 0 spiro atoms. The van der Waals surface area contributed by atoms with Gasteiger partial charge in [-0.2, -0.15) is 0 Å². The van der Waals surface area contributed by atoms with Crippen LogP contribution in [0.3, 0.4) is 0 Å². The fourth-order valence-electron chi connectivity index (χ4n) is 4.04. The number of likely N-dealkylation sites (N-methyl/N-ethyl adjacent to an activating group) is 1. The molecule has 1 amide bonds. The number of likely N-dealkylation sites (tertiary alicyclic amines) is 1. The highest BCUT2D eigenvalue weighted by Crippen LogP contribution is 2.40. The number of ether oxygens (including phenoxy) is 2. The number of nitrogens with zero attached hydrogens (tertiary/aromatic N) is 2. The minimum atomic E-state index is -0.783. The van der Waals surface area contributed by atoms with Gasteiger partial charge in [-0.3, -0.25) is 9.59 Å². The molecule has 1 heterocycles. The van der Waals surface area contributed by atoms with E-state index in [1.807, 2.05) is 13.8 Å². The summed E-state index contributed by atoms with van der Waals surface area (Å²) in [4.78, 5) is 29.8. The van der Waals surface area contributed by atoms with Gasteiger partial charge >= 0.3 is 0 Å². The molecule has 8 nitrogen and oxygen atoms in total. The van der Waals surface area contributed by atoms with Gasteiger partial charge in [0.15, 0.2) is 11.5 Å². The molecule has 1 atom stereocenters. The fraction of sp³-hybridized carbons (Fsp3) is 0.360. The molecule has 8 heteroatoms. The zero-order valence-electron chi connectivity index (χ0n) is 19.4. The van der Waals surface area contributed by atoms with E-state index in [-0.39, 0.29) is 17.1 Å². The van der Waals surface area contributed by atoms with Gasteiger partial charge in [0, 0.05) is 18.7 Å². The lowest BCUT2D eigenvalue weighted by Gasteiger charge is -2.28. The number of carbonyl (C=O) groups excluding carboxylic acids is 2. The quantitative estimate of drug-likeness (QED) is 0.341. The van der Waals surface area contributed by atoms with E-state index in [1.165, 1.54) is 31.3 Å². The number of benzene rings is 2. The van der Waals surface area contributed by atoms with Gasteiger partial charge in [0.05, 0.1) is 25.8 Å². The molecule has 1 unspecified atom stereocenters. The van der Waals surface area contributed by atoms with Gasteiger partial charge in [-0.15, -0.1) is 0 Å². The summed E-state index contributed by atoms with van der Waals surface area (Å²) < 4.78 is 10.6. The average molecular weight is 455 g/mol. The number of methoxy groups -OCH3 is 2. The summed E-state index contributed by atoms with van der Waals surface area (Å²) in [5, 5.41) is 20.9. The van der Waals surface area contributed by atoms with Gasteiger partial charge in [0.1, 0.15) is 11.5 Å². The van der Waals surface area contributed by atoms with Gasteiger partial charge in [0.2, 0.25) is 0 Å². The number of aliphatic hydroxyl groups is 1. The minimum absolute atomic E-state index is 0.00235. The number of phenolic OH excluding ortho intramolecular Hbond substituents is 1. The molecule has 0 bridgehead atoms. The first kappa shape index (κ1) is 24.1. The van der Waals surface area contributed by atoms with Crippen molar-refractivity contribution < 1.29 is 29.3 Å². The van der Waals surface area contributed by atoms with Crippen molar-refractivity contribution >= 4 is 17.4 Å². The summed E-state index contributed by atoms with van der Waals surface area (Å²) >= 11 is 0. The molecular formula is C25H30N2O6. The number of ketones is 1. The molecule has 176 valence electrons. The summed E-state index contributed by atoms with van der Waals surface area (Å²) in [7, 11) is 2.98. The summed E-state index contributed by atoms with van der Waals surface area (Å²) in [6.45, 7) is 6.61. The Morgan fingerprint density at radius 1 is 1.00 bits per heavy atom. The van der Waals surface area contributed by atoms with Crippen molar-refractivity contribution in [2.24, 2.45) is 0 Å². The van der Waals surface area contributed by atoms with E-state index in [0.29, 0.717) is 35.7 Å². The molecule has 2 aromatic rings. The van der Waals surface area contributed by atoms with E-state index < -0.39 is 17.7 Å². The Morgan fingerprint density at radius 3 is 2.21 bits per heavy atom. The van der Waals surface area contributed by atoms with Crippen LogP contribution in [-0.2, 0) is 9.59 Å². The predicted octanol–water partition coefficient (Wildman–Crippen LogP) is 3.17. The third-order valence-corrected chi connectivity index (χ3v) is 5.96. The smallest absolute Gasteiger partial charge is 0.295 e. The summed E-state index contributed by atoms with van der Waals surface area (Å²) in [5.74, 6) is -0.777. The van der Waals surface area contributed by atoms with E-state index in [0.717, 1.165) is 13.1 Å². The van der Waals surface area contributed by atoms with Crippen LogP contribution in [0.2, 0.25) is 0 Å². The van der Waals surface area contributed by atoms with Crippen LogP contribution in [0, 0.1) is 0 Å². The number of amides is 1.